The number of amides is 1. The Kier molecular flexibility index (Phi) is 7.33. The molecule has 0 spiro atoms. The van der Waals surface area contributed by atoms with E-state index >= 15 is 0 Å². The quantitative estimate of drug-likeness (QED) is 0.369. The minimum absolute atomic E-state index is 0.00706. The third-order valence-corrected chi connectivity index (χ3v) is 5.62. The van der Waals surface area contributed by atoms with Gasteiger partial charge in [0.2, 0.25) is 0 Å². The topological polar surface area (TPSA) is 105 Å². The fourth-order valence-corrected chi connectivity index (χ4v) is 4.00. The van der Waals surface area contributed by atoms with Crippen LogP contribution in [0.15, 0.2) is 30.0 Å². The van der Waals surface area contributed by atoms with E-state index in [4.69, 9.17) is 9.47 Å². The fraction of sp³-hybridized carbons (Fsp3) is 0.417. The smallest absolute Gasteiger partial charge is 0.295 e. The zero-order chi connectivity index (χ0) is 24.3. The van der Waals surface area contributed by atoms with Gasteiger partial charge >= 0.3 is 0 Å². The lowest BCUT2D eigenvalue weighted by Gasteiger charge is -2.26. The number of carbonyl (C=O) groups excluding carboxylic acids is 2. The van der Waals surface area contributed by atoms with Gasteiger partial charge in [-0.25, -0.2) is 9.97 Å². The summed E-state index contributed by atoms with van der Waals surface area (Å²) in [6, 6.07) is 4.42. The van der Waals surface area contributed by atoms with E-state index in [0.717, 1.165) is 6.54 Å². The van der Waals surface area contributed by atoms with E-state index in [2.05, 4.69) is 9.97 Å². The molecule has 1 aromatic heterocycles. The number of benzene rings is 1. The van der Waals surface area contributed by atoms with Gasteiger partial charge in [0.25, 0.3) is 11.7 Å². The van der Waals surface area contributed by atoms with Crippen LogP contribution < -0.4 is 9.47 Å². The molecule has 0 bridgehead atoms. The lowest BCUT2D eigenvalue weighted by molar-refractivity contribution is -0.139. The molecule has 1 aliphatic heterocycles. The summed E-state index contributed by atoms with van der Waals surface area (Å²) >= 11 is 0. The van der Waals surface area contributed by atoms with Gasteiger partial charge in [-0.05, 0) is 58.6 Å². The maximum Gasteiger partial charge on any atom is 0.295 e. The molecule has 1 aliphatic rings. The van der Waals surface area contributed by atoms with Crippen LogP contribution in [0, 0.1) is 13.8 Å². The van der Waals surface area contributed by atoms with Gasteiger partial charge in [0.1, 0.15) is 11.6 Å². The van der Waals surface area contributed by atoms with Crippen LogP contribution in [0.5, 0.6) is 11.5 Å². The second-order valence-corrected chi connectivity index (χ2v) is 8.18. The molecular formula is C24H30N4O5. The second-order valence-electron chi connectivity index (χ2n) is 8.18. The normalized spacial score (nSPS) is 17.7. The van der Waals surface area contributed by atoms with Crippen LogP contribution in [0.25, 0.3) is 5.76 Å². The zero-order valence-electron chi connectivity index (χ0n) is 19.9. The summed E-state index contributed by atoms with van der Waals surface area (Å²) < 4.78 is 10.8. The summed E-state index contributed by atoms with van der Waals surface area (Å²) in [6.07, 6.45) is 2.13. The predicted octanol–water partition coefficient (Wildman–Crippen LogP) is 2.48. The van der Waals surface area contributed by atoms with Crippen molar-refractivity contribution in [2.75, 3.05) is 41.4 Å². The van der Waals surface area contributed by atoms with Crippen molar-refractivity contribution in [1.29, 1.82) is 0 Å². The molecule has 2 aromatic rings. The maximum atomic E-state index is 13.2. The van der Waals surface area contributed by atoms with Crippen LogP contribution in [-0.2, 0) is 9.59 Å². The largest absolute Gasteiger partial charge is 0.507 e. The SMILES string of the molecule is COc1ccc(C2C(=C(O)c3cnc(C)nc3C)C(=O)C(=O)N2CCCN(C)C)cc1OC. The van der Waals surface area contributed by atoms with Crippen LogP contribution in [-0.4, -0.2) is 78.0 Å². The molecule has 9 nitrogen and oxygen atoms in total. The van der Waals surface area contributed by atoms with Gasteiger partial charge in [-0.3, -0.25) is 9.59 Å². The number of aromatic nitrogens is 2. The van der Waals surface area contributed by atoms with E-state index in [1.807, 2.05) is 19.0 Å². The van der Waals surface area contributed by atoms with Gasteiger partial charge < -0.3 is 24.4 Å². The van der Waals surface area contributed by atoms with E-state index in [1.54, 1.807) is 32.0 Å². The minimum Gasteiger partial charge on any atom is -0.507 e. The van der Waals surface area contributed by atoms with E-state index in [-0.39, 0.29) is 11.3 Å². The zero-order valence-corrected chi connectivity index (χ0v) is 19.9. The van der Waals surface area contributed by atoms with Crippen molar-refractivity contribution < 1.29 is 24.2 Å². The Hall–Kier alpha value is -3.46. The Morgan fingerprint density at radius 2 is 1.85 bits per heavy atom. The Morgan fingerprint density at radius 1 is 1.15 bits per heavy atom. The average Bonchev–Trinajstić information content (AvgIpc) is 3.03. The third-order valence-electron chi connectivity index (χ3n) is 5.62. The van der Waals surface area contributed by atoms with Crippen molar-refractivity contribution in [1.82, 2.24) is 19.8 Å². The number of carbonyl (C=O) groups is 2. The van der Waals surface area contributed by atoms with Gasteiger partial charge in [-0.1, -0.05) is 6.07 Å². The number of aliphatic hydroxyl groups excluding tert-OH is 1. The Morgan fingerprint density at radius 3 is 2.45 bits per heavy atom. The summed E-state index contributed by atoms with van der Waals surface area (Å²) in [5.41, 5.74) is 1.47. The highest BCUT2D eigenvalue weighted by Crippen LogP contribution is 2.42. The highest BCUT2D eigenvalue weighted by atomic mass is 16.5. The van der Waals surface area contributed by atoms with E-state index in [1.165, 1.54) is 25.3 Å². The summed E-state index contributed by atoms with van der Waals surface area (Å²) in [6.45, 7) is 4.56. The van der Waals surface area contributed by atoms with Crippen LogP contribution in [0.2, 0.25) is 0 Å². The van der Waals surface area contributed by atoms with E-state index in [0.29, 0.717) is 47.1 Å². The summed E-state index contributed by atoms with van der Waals surface area (Å²) in [7, 11) is 6.94. The first-order valence-corrected chi connectivity index (χ1v) is 10.6. The second kappa shape index (κ2) is 9.99. The molecule has 0 aliphatic carbocycles. The first-order valence-electron chi connectivity index (χ1n) is 10.6. The van der Waals surface area contributed by atoms with Crippen molar-refractivity contribution >= 4 is 17.4 Å². The number of nitrogens with zero attached hydrogens (tertiary/aromatic N) is 4. The number of rotatable bonds is 8. The molecule has 176 valence electrons. The number of hydrogen-bond acceptors (Lipinski definition) is 8. The molecule has 1 unspecified atom stereocenters. The summed E-state index contributed by atoms with van der Waals surface area (Å²) in [4.78, 5) is 38.2. The van der Waals surface area contributed by atoms with Crippen LogP contribution in [0.1, 0.15) is 35.1 Å². The Labute approximate surface area is 193 Å². The fourth-order valence-electron chi connectivity index (χ4n) is 4.00. The third kappa shape index (κ3) is 4.83. The van der Waals surface area contributed by atoms with Crippen LogP contribution >= 0.6 is 0 Å². The number of methoxy groups -OCH3 is 2. The van der Waals surface area contributed by atoms with Crippen molar-refractivity contribution in [3.05, 3.63) is 52.6 Å². The van der Waals surface area contributed by atoms with Gasteiger partial charge in [-0.15, -0.1) is 0 Å². The Balaban J connectivity index is 2.17. The number of ketones is 1. The molecule has 1 aromatic carbocycles. The molecule has 9 heteroatoms. The Bertz CT molecular complexity index is 1100. The van der Waals surface area contributed by atoms with E-state index in [9.17, 15) is 14.7 Å². The molecule has 0 radical (unpaired) electrons. The summed E-state index contributed by atoms with van der Waals surface area (Å²) in [5.74, 6) is -0.152. The van der Waals surface area contributed by atoms with Crippen molar-refractivity contribution in [2.45, 2.75) is 26.3 Å². The minimum atomic E-state index is -0.785. The predicted molar refractivity (Wildman–Crippen MR) is 123 cm³/mol. The standard InChI is InChI=1S/C24H30N4O5/c1-14-17(13-25-15(2)26-14)22(29)20-21(16-8-9-18(32-5)19(12-16)33-6)28(24(31)23(20)30)11-7-10-27(3)4/h8-9,12-13,21,29H,7,10-11H2,1-6H3. The highest BCUT2D eigenvalue weighted by Gasteiger charge is 2.46. The average molecular weight is 455 g/mol. The number of likely N-dealkylation sites (tertiary alicyclic amines) is 1. The van der Waals surface area contributed by atoms with Crippen LogP contribution in [0.3, 0.4) is 0 Å². The first kappa shape index (κ1) is 24.2. The molecule has 2 heterocycles. The van der Waals surface area contributed by atoms with Gasteiger partial charge in [0.05, 0.1) is 37.1 Å². The summed E-state index contributed by atoms with van der Waals surface area (Å²) in [5, 5.41) is 11.2. The number of ether oxygens (including phenoxy) is 2. The first-order chi connectivity index (χ1) is 15.7. The molecule has 1 N–H and O–H groups in total. The van der Waals surface area contributed by atoms with Gasteiger partial charge in [0, 0.05) is 12.7 Å². The highest BCUT2D eigenvalue weighted by molar-refractivity contribution is 6.46. The molecular weight excluding hydrogens is 424 g/mol. The lowest BCUT2D eigenvalue weighted by Crippen LogP contribution is -2.32. The van der Waals surface area contributed by atoms with Crippen LogP contribution in [0.4, 0.5) is 0 Å². The van der Waals surface area contributed by atoms with Gasteiger partial charge in [-0.2, -0.15) is 0 Å². The maximum absolute atomic E-state index is 13.2. The molecule has 3 rings (SSSR count). The van der Waals surface area contributed by atoms with Crippen molar-refractivity contribution in [3.8, 4) is 11.5 Å². The lowest BCUT2D eigenvalue weighted by atomic mass is 9.95. The molecule has 0 saturated carbocycles. The number of aliphatic hydroxyl groups is 1. The molecule has 33 heavy (non-hydrogen) atoms. The molecule has 1 amide bonds. The van der Waals surface area contributed by atoms with E-state index < -0.39 is 17.7 Å². The monoisotopic (exact) mass is 454 g/mol. The molecule has 1 atom stereocenters. The number of aryl methyl sites for hydroxylation is 2. The van der Waals surface area contributed by atoms with Gasteiger partial charge in [0.15, 0.2) is 11.5 Å². The number of hydrogen-bond donors (Lipinski definition) is 1. The molecule has 1 saturated heterocycles. The van der Waals surface area contributed by atoms with Crippen molar-refractivity contribution in [3.63, 3.8) is 0 Å². The van der Waals surface area contributed by atoms with Crippen molar-refractivity contribution in [2.24, 2.45) is 0 Å². The molecule has 1 fully saturated rings. The number of Topliss-reactive ketones (excluding diaryl/α,β-unsaturated/α-hetero) is 1.